The maximum absolute atomic E-state index is 12.5. The van der Waals surface area contributed by atoms with Crippen molar-refractivity contribution in [1.82, 2.24) is 4.98 Å². The molecule has 0 radical (unpaired) electrons. The van der Waals surface area contributed by atoms with Crippen LogP contribution in [0, 0.1) is 6.92 Å². The van der Waals surface area contributed by atoms with Gasteiger partial charge in [-0.1, -0.05) is 19.1 Å². The predicted octanol–water partition coefficient (Wildman–Crippen LogP) is 3.01. The minimum absolute atomic E-state index is 0.224. The molecular weight excluding hydrogens is 286 g/mol. The number of anilines is 2. The average Bonchev–Trinajstić information content (AvgIpc) is 2.45. The Morgan fingerprint density at radius 3 is 2.67 bits per heavy atom. The molecule has 2 rings (SSSR count). The fourth-order valence-electron chi connectivity index (χ4n) is 1.89. The second-order valence-corrected chi connectivity index (χ2v) is 6.40. The zero-order valence-electron chi connectivity index (χ0n) is 12.1. The predicted molar refractivity (Wildman–Crippen MR) is 85.0 cm³/mol. The van der Waals surface area contributed by atoms with Crippen molar-refractivity contribution < 1.29 is 8.42 Å². The molecule has 2 N–H and O–H groups in total. The Hall–Kier alpha value is -2.08. The molecule has 5 nitrogen and oxygen atoms in total. The van der Waals surface area contributed by atoms with Crippen LogP contribution >= 0.6 is 0 Å². The lowest BCUT2D eigenvalue weighted by atomic mass is 10.3. The second-order valence-electron chi connectivity index (χ2n) is 4.75. The van der Waals surface area contributed by atoms with E-state index in [-0.39, 0.29) is 4.90 Å². The molecule has 1 heterocycles. The van der Waals surface area contributed by atoms with Gasteiger partial charge in [0.25, 0.3) is 10.0 Å². The van der Waals surface area contributed by atoms with Crippen molar-refractivity contribution in [1.29, 1.82) is 0 Å². The Morgan fingerprint density at radius 1 is 1.19 bits per heavy atom. The summed E-state index contributed by atoms with van der Waals surface area (Å²) in [6, 6.07) is 10.4. The highest BCUT2D eigenvalue weighted by Crippen LogP contribution is 2.23. The van der Waals surface area contributed by atoms with Gasteiger partial charge in [-0.05, 0) is 43.2 Å². The standard InChI is InChI=1S/C15H19N3O2S/c1-3-9-16-13-6-4-5-7-14(13)21(19,20)18-15-11-12(2)8-10-17-15/h4-8,10-11,16H,3,9H2,1-2H3,(H,17,18). The Bertz CT molecular complexity index is 714. The third-order valence-electron chi connectivity index (χ3n) is 2.90. The Balaban J connectivity index is 2.31. The highest BCUT2D eigenvalue weighted by molar-refractivity contribution is 7.92. The number of aryl methyl sites for hydroxylation is 1. The zero-order valence-corrected chi connectivity index (χ0v) is 12.9. The van der Waals surface area contributed by atoms with Crippen LogP contribution in [-0.2, 0) is 10.0 Å². The van der Waals surface area contributed by atoms with Crippen LogP contribution in [0.3, 0.4) is 0 Å². The van der Waals surface area contributed by atoms with Crippen molar-refractivity contribution in [2.24, 2.45) is 0 Å². The highest BCUT2D eigenvalue weighted by Gasteiger charge is 2.18. The van der Waals surface area contributed by atoms with Crippen LogP contribution in [0.25, 0.3) is 0 Å². The van der Waals surface area contributed by atoms with Crippen LogP contribution in [-0.4, -0.2) is 19.9 Å². The van der Waals surface area contributed by atoms with Crippen LogP contribution in [0.1, 0.15) is 18.9 Å². The quantitative estimate of drug-likeness (QED) is 0.860. The molecule has 112 valence electrons. The van der Waals surface area contributed by atoms with Gasteiger partial charge in [-0.2, -0.15) is 0 Å². The fourth-order valence-corrected chi connectivity index (χ4v) is 3.08. The molecule has 0 spiro atoms. The number of hydrogen-bond acceptors (Lipinski definition) is 4. The molecule has 0 aliphatic heterocycles. The molecule has 0 atom stereocenters. The van der Waals surface area contributed by atoms with Crippen LogP contribution in [0.2, 0.25) is 0 Å². The maximum atomic E-state index is 12.5. The molecule has 21 heavy (non-hydrogen) atoms. The first-order valence-corrected chi connectivity index (χ1v) is 8.29. The van der Waals surface area contributed by atoms with Crippen molar-refractivity contribution in [3.8, 4) is 0 Å². The van der Waals surface area contributed by atoms with Gasteiger partial charge in [0.1, 0.15) is 10.7 Å². The van der Waals surface area contributed by atoms with E-state index in [0.29, 0.717) is 11.5 Å². The van der Waals surface area contributed by atoms with Crippen molar-refractivity contribution in [2.45, 2.75) is 25.2 Å². The largest absolute Gasteiger partial charge is 0.384 e. The summed E-state index contributed by atoms with van der Waals surface area (Å²) in [7, 11) is -3.67. The van der Waals surface area contributed by atoms with Crippen LogP contribution < -0.4 is 10.0 Å². The lowest BCUT2D eigenvalue weighted by Crippen LogP contribution is -2.16. The molecule has 0 unspecified atom stereocenters. The lowest BCUT2D eigenvalue weighted by Gasteiger charge is -2.13. The first-order chi connectivity index (χ1) is 10.0. The molecule has 0 fully saturated rings. The third-order valence-corrected chi connectivity index (χ3v) is 4.31. The SMILES string of the molecule is CCCNc1ccccc1S(=O)(=O)Nc1cc(C)ccn1. The number of aromatic nitrogens is 1. The summed E-state index contributed by atoms with van der Waals surface area (Å²) in [4.78, 5) is 4.26. The van der Waals surface area contributed by atoms with Crippen molar-refractivity contribution in [3.63, 3.8) is 0 Å². The third kappa shape index (κ3) is 3.95. The summed E-state index contributed by atoms with van der Waals surface area (Å²) in [5.74, 6) is 0.320. The summed E-state index contributed by atoms with van der Waals surface area (Å²) in [5, 5.41) is 3.13. The molecule has 0 bridgehead atoms. The summed E-state index contributed by atoms with van der Waals surface area (Å²) in [5.41, 5.74) is 1.54. The Kier molecular flexibility index (Phi) is 4.80. The van der Waals surface area contributed by atoms with Gasteiger partial charge in [0.2, 0.25) is 0 Å². The first-order valence-electron chi connectivity index (χ1n) is 6.81. The van der Waals surface area contributed by atoms with E-state index in [1.165, 1.54) is 0 Å². The molecule has 1 aromatic heterocycles. The molecule has 1 aromatic carbocycles. The van der Waals surface area contributed by atoms with Gasteiger partial charge >= 0.3 is 0 Å². The van der Waals surface area contributed by atoms with E-state index in [4.69, 9.17) is 0 Å². The van der Waals surface area contributed by atoms with Gasteiger partial charge in [-0.25, -0.2) is 13.4 Å². The molecule has 0 amide bonds. The summed E-state index contributed by atoms with van der Waals surface area (Å²) in [6.07, 6.45) is 2.50. The number of hydrogen-bond donors (Lipinski definition) is 2. The number of sulfonamides is 1. The number of benzene rings is 1. The van der Waals surface area contributed by atoms with Gasteiger partial charge in [0.15, 0.2) is 0 Å². The number of nitrogens with one attached hydrogen (secondary N) is 2. The fraction of sp³-hybridized carbons (Fsp3) is 0.267. The van der Waals surface area contributed by atoms with Gasteiger partial charge in [-0.3, -0.25) is 4.72 Å². The van der Waals surface area contributed by atoms with Gasteiger partial charge < -0.3 is 5.32 Å². The van der Waals surface area contributed by atoms with E-state index in [9.17, 15) is 8.42 Å². The van der Waals surface area contributed by atoms with E-state index < -0.39 is 10.0 Å². The van der Waals surface area contributed by atoms with Crippen molar-refractivity contribution in [2.75, 3.05) is 16.6 Å². The maximum Gasteiger partial charge on any atom is 0.265 e. The normalized spacial score (nSPS) is 11.1. The summed E-state index contributed by atoms with van der Waals surface area (Å²) < 4.78 is 27.5. The smallest absolute Gasteiger partial charge is 0.265 e. The minimum atomic E-state index is -3.67. The van der Waals surface area contributed by atoms with E-state index in [1.54, 1.807) is 30.5 Å². The van der Waals surface area contributed by atoms with E-state index in [1.807, 2.05) is 26.0 Å². The van der Waals surface area contributed by atoms with Crippen LogP contribution in [0.5, 0.6) is 0 Å². The Morgan fingerprint density at radius 2 is 1.95 bits per heavy atom. The monoisotopic (exact) mass is 305 g/mol. The topological polar surface area (TPSA) is 71.1 Å². The summed E-state index contributed by atoms with van der Waals surface area (Å²) in [6.45, 7) is 4.63. The number of nitrogens with zero attached hydrogens (tertiary/aromatic N) is 1. The van der Waals surface area contributed by atoms with Crippen LogP contribution in [0.4, 0.5) is 11.5 Å². The number of pyridine rings is 1. The van der Waals surface area contributed by atoms with Gasteiger partial charge in [0.05, 0.1) is 5.69 Å². The summed E-state index contributed by atoms with van der Waals surface area (Å²) >= 11 is 0. The molecule has 0 saturated heterocycles. The molecule has 0 aliphatic rings. The van der Waals surface area contributed by atoms with E-state index >= 15 is 0 Å². The first kappa shape index (κ1) is 15.3. The van der Waals surface area contributed by atoms with Crippen molar-refractivity contribution in [3.05, 3.63) is 48.2 Å². The lowest BCUT2D eigenvalue weighted by molar-refractivity contribution is 0.601. The van der Waals surface area contributed by atoms with E-state index in [2.05, 4.69) is 15.0 Å². The highest BCUT2D eigenvalue weighted by atomic mass is 32.2. The average molecular weight is 305 g/mol. The van der Waals surface area contributed by atoms with Gasteiger partial charge in [0, 0.05) is 12.7 Å². The molecule has 6 heteroatoms. The Labute approximate surface area is 125 Å². The zero-order chi connectivity index (χ0) is 15.3. The second kappa shape index (κ2) is 6.58. The minimum Gasteiger partial charge on any atom is -0.384 e. The molecule has 0 saturated carbocycles. The molecular formula is C15H19N3O2S. The molecule has 2 aromatic rings. The molecule has 0 aliphatic carbocycles. The van der Waals surface area contributed by atoms with Crippen LogP contribution in [0.15, 0.2) is 47.5 Å². The number of rotatable bonds is 6. The van der Waals surface area contributed by atoms with Crippen molar-refractivity contribution >= 4 is 21.5 Å². The number of para-hydroxylation sites is 1. The van der Waals surface area contributed by atoms with Gasteiger partial charge in [-0.15, -0.1) is 0 Å². The van der Waals surface area contributed by atoms with E-state index in [0.717, 1.165) is 18.5 Å².